The topological polar surface area (TPSA) is 96.0 Å². The van der Waals surface area contributed by atoms with E-state index in [0.717, 1.165) is 31.2 Å². The number of hydrogen-bond donors (Lipinski definition) is 3. The van der Waals surface area contributed by atoms with E-state index in [9.17, 15) is 22.8 Å². The average molecular weight is 423 g/mol. The first-order valence-corrected chi connectivity index (χ1v) is 9.63. The molecule has 7 nitrogen and oxygen atoms in total. The molecule has 1 aliphatic carbocycles. The quantitative estimate of drug-likeness (QED) is 0.652. The van der Waals surface area contributed by atoms with Crippen LogP contribution in [0.2, 0.25) is 0 Å². The predicted octanol–water partition coefficient (Wildman–Crippen LogP) is 3.71. The molecular formula is C20H24F3N5O2. The van der Waals surface area contributed by atoms with E-state index >= 15 is 0 Å². The number of alkyl halides is 3. The third-order valence-corrected chi connectivity index (χ3v) is 4.60. The molecular weight excluding hydrogens is 399 g/mol. The third kappa shape index (κ3) is 5.68. The van der Waals surface area contributed by atoms with Crippen LogP contribution in [-0.4, -0.2) is 28.0 Å². The zero-order chi connectivity index (χ0) is 22.2. The summed E-state index contributed by atoms with van der Waals surface area (Å²) in [5.41, 5.74) is 3.69. The predicted molar refractivity (Wildman–Crippen MR) is 105 cm³/mol. The lowest BCUT2D eigenvalue weighted by Gasteiger charge is -2.31. The van der Waals surface area contributed by atoms with Gasteiger partial charge in [0.15, 0.2) is 0 Å². The van der Waals surface area contributed by atoms with E-state index in [1.54, 1.807) is 5.43 Å². The van der Waals surface area contributed by atoms with Gasteiger partial charge in [-0.1, -0.05) is 57.0 Å². The van der Waals surface area contributed by atoms with Crippen LogP contribution in [0.3, 0.4) is 0 Å². The molecule has 1 aromatic carbocycles. The molecule has 2 aromatic rings. The fraction of sp³-hybridized carbons (Fsp3) is 0.400. The van der Waals surface area contributed by atoms with Gasteiger partial charge in [-0.3, -0.25) is 20.4 Å². The SMILES string of the molecule is CC.O=C(NNC(=O)C(F)(F)F)c1cnc(NC2(c3ccccc3)CCCC2)nc1. The second-order valence-corrected chi connectivity index (χ2v) is 6.48. The molecule has 30 heavy (non-hydrogen) atoms. The molecule has 3 N–H and O–H groups in total. The first-order valence-electron chi connectivity index (χ1n) is 9.63. The molecule has 1 aromatic heterocycles. The van der Waals surface area contributed by atoms with Gasteiger partial charge in [0.05, 0.1) is 11.1 Å². The standard InChI is InChI=1S/C18H18F3N5O2.C2H6/c19-18(20,21)15(28)26-25-14(27)12-10-22-16(23-11-12)24-17(8-4-5-9-17)13-6-2-1-3-7-13;1-2/h1-3,6-7,10-11H,4-5,8-9H2,(H,25,27)(H,26,28)(H,22,23,24);1-2H3. The molecule has 0 radical (unpaired) electrons. The van der Waals surface area contributed by atoms with Crippen LogP contribution in [0.4, 0.5) is 19.1 Å². The van der Waals surface area contributed by atoms with Gasteiger partial charge in [0.1, 0.15) is 0 Å². The lowest BCUT2D eigenvalue weighted by molar-refractivity contribution is -0.174. The van der Waals surface area contributed by atoms with Crippen LogP contribution in [0, 0.1) is 0 Å². The van der Waals surface area contributed by atoms with E-state index in [1.807, 2.05) is 44.2 Å². The lowest BCUT2D eigenvalue weighted by Crippen LogP contribution is -2.47. The van der Waals surface area contributed by atoms with Crippen LogP contribution in [0.15, 0.2) is 42.7 Å². The van der Waals surface area contributed by atoms with E-state index in [2.05, 4.69) is 15.3 Å². The monoisotopic (exact) mass is 423 g/mol. The van der Waals surface area contributed by atoms with Gasteiger partial charge in [-0.25, -0.2) is 9.97 Å². The first-order chi connectivity index (χ1) is 14.3. The average Bonchev–Trinajstić information content (AvgIpc) is 3.23. The van der Waals surface area contributed by atoms with Crippen molar-refractivity contribution in [3.8, 4) is 0 Å². The number of nitrogens with one attached hydrogen (secondary N) is 3. The number of hydrazine groups is 1. The zero-order valence-electron chi connectivity index (χ0n) is 16.7. The van der Waals surface area contributed by atoms with Crippen molar-refractivity contribution in [1.82, 2.24) is 20.8 Å². The van der Waals surface area contributed by atoms with E-state index < -0.39 is 18.0 Å². The molecule has 162 valence electrons. The van der Waals surface area contributed by atoms with Crippen molar-refractivity contribution in [3.63, 3.8) is 0 Å². The van der Waals surface area contributed by atoms with Crippen molar-refractivity contribution in [3.05, 3.63) is 53.9 Å². The largest absolute Gasteiger partial charge is 0.472 e. The Bertz CT molecular complexity index is 836. The molecule has 0 unspecified atom stereocenters. The van der Waals surface area contributed by atoms with Crippen LogP contribution in [-0.2, 0) is 10.3 Å². The highest BCUT2D eigenvalue weighted by Gasteiger charge is 2.39. The number of carbonyl (C=O) groups is 2. The van der Waals surface area contributed by atoms with Crippen LogP contribution in [0.25, 0.3) is 0 Å². The minimum atomic E-state index is -5.09. The highest BCUT2D eigenvalue weighted by atomic mass is 19.4. The molecule has 2 amide bonds. The highest BCUT2D eigenvalue weighted by Crippen LogP contribution is 2.40. The summed E-state index contributed by atoms with van der Waals surface area (Å²) in [7, 11) is 0. The minimum Gasteiger partial charge on any atom is -0.345 e. The summed E-state index contributed by atoms with van der Waals surface area (Å²) in [6.07, 6.45) is 1.20. The fourth-order valence-corrected chi connectivity index (χ4v) is 3.20. The minimum absolute atomic E-state index is 0.0896. The Kier molecular flexibility index (Phi) is 7.73. The molecule has 0 bridgehead atoms. The van der Waals surface area contributed by atoms with Crippen LogP contribution < -0.4 is 16.2 Å². The van der Waals surface area contributed by atoms with E-state index in [-0.39, 0.29) is 11.1 Å². The Balaban J connectivity index is 0.00000155. The number of halogens is 3. The number of aromatic nitrogens is 2. The second-order valence-electron chi connectivity index (χ2n) is 6.48. The lowest BCUT2D eigenvalue weighted by atomic mass is 9.88. The maximum absolute atomic E-state index is 12.1. The van der Waals surface area contributed by atoms with Gasteiger partial charge in [0.2, 0.25) is 5.95 Å². The van der Waals surface area contributed by atoms with Crippen molar-refractivity contribution in [2.75, 3.05) is 5.32 Å². The first kappa shape index (κ1) is 23.1. The molecule has 0 spiro atoms. The van der Waals surface area contributed by atoms with Crippen LogP contribution in [0.1, 0.15) is 55.5 Å². The second kappa shape index (κ2) is 10.0. The molecule has 1 fully saturated rings. The van der Waals surface area contributed by atoms with Crippen molar-refractivity contribution in [2.45, 2.75) is 51.2 Å². The van der Waals surface area contributed by atoms with Crippen molar-refractivity contribution >= 4 is 17.8 Å². The molecule has 1 aliphatic rings. The number of carbonyl (C=O) groups excluding carboxylic acids is 2. The summed E-state index contributed by atoms with van der Waals surface area (Å²) in [5, 5.41) is 3.33. The maximum atomic E-state index is 12.1. The summed E-state index contributed by atoms with van der Waals surface area (Å²) < 4.78 is 36.4. The van der Waals surface area contributed by atoms with Crippen molar-refractivity contribution < 1.29 is 22.8 Å². The molecule has 0 saturated heterocycles. The third-order valence-electron chi connectivity index (χ3n) is 4.60. The summed E-state index contributed by atoms with van der Waals surface area (Å²) >= 11 is 0. The molecule has 0 atom stereocenters. The Morgan fingerprint density at radius 1 is 0.967 bits per heavy atom. The molecule has 3 rings (SSSR count). The van der Waals surface area contributed by atoms with Gasteiger partial charge in [0.25, 0.3) is 5.91 Å². The summed E-state index contributed by atoms with van der Waals surface area (Å²) in [5.74, 6) is -2.92. The van der Waals surface area contributed by atoms with Crippen molar-refractivity contribution in [2.24, 2.45) is 0 Å². The van der Waals surface area contributed by atoms with Gasteiger partial charge in [-0.15, -0.1) is 0 Å². The van der Waals surface area contributed by atoms with Gasteiger partial charge < -0.3 is 5.32 Å². The number of anilines is 1. The number of rotatable bonds is 4. The summed E-state index contributed by atoms with van der Waals surface area (Å²) in [6, 6.07) is 9.92. The number of nitrogens with zero attached hydrogens (tertiary/aromatic N) is 2. The molecule has 10 heteroatoms. The fourth-order valence-electron chi connectivity index (χ4n) is 3.20. The Hall–Kier alpha value is -3.17. The van der Waals surface area contributed by atoms with Gasteiger partial charge in [-0.2, -0.15) is 13.2 Å². The normalized spacial score (nSPS) is 14.8. The number of hydrogen-bond acceptors (Lipinski definition) is 5. The molecule has 1 heterocycles. The van der Waals surface area contributed by atoms with E-state index in [4.69, 9.17) is 0 Å². The van der Waals surface area contributed by atoms with Gasteiger partial charge in [-0.05, 0) is 18.4 Å². The smallest absolute Gasteiger partial charge is 0.345 e. The Labute approximate surface area is 172 Å². The number of amides is 2. The van der Waals surface area contributed by atoms with Crippen LogP contribution in [0.5, 0.6) is 0 Å². The van der Waals surface area contributed by atoms with Gasteiger partial charge >= 0.3 is 12.1 Å². The Morgan fingerprint density at radius 2 is 1.53 bits per heavy atom. The molecule has 1 saturated carbocycles. The van der Waals surface area contributed by atoms with E-state index in [0.29, 0.717) is 5.95 Å². The van der Waals surface area contributed by atoms with Crippen molar-refractivity contribution in [1.29, 1.82) is 0 Å². The van der Waals surface area contributed by atoms with Crippen LogP contribution >= 0.6 is 0 Å². The summed E-state index contributed by atoms with van der Waals surface area (Å²) in [6.45, 7) is 4.00. The highest BCUT2D eigenvalue weighted by molar-refractivity contribution is 5.95. The Morgan fingerprint density at radius 3 is 2.07 bits per heavy atom. The van der Waals surface area contributed by atoms with E-state index in [1.165, 1.54) is 17.8 Å². The van der Waals surface area contributed by atoms with Gasteiger partial charge in [0, 0.05) is 12.4 Å². The maximum Gasteiger partial charge on any atom is 0.472 e. The zero-order valence-corrected chi connectivity index (χ0v) is 16.7. The number of benzene rings is 1. The molecule has 0 aliphatic heterocycles. The summed E-state index contributed by atoms with van der Waals surface area (Å²) in [4.78, 5) is 30.7.